The number of carbonyl (C=O) groups excluding carboxylic acids is 1. The summed E-state index contributed by atoms with van der Waals surface area (Å²) in [5, 5.41) is 0.689. The van der Waals surface area contributed by atoms with E-state index in [2.05, 4.69) is 0 Å². The third-order valence-electron chi connectivity index (χ3n) is 3.33. The van der Waals surface area contributed by atoms with E-state index >= 15 is 0 Å². The van der Waals surface area contributed by atoms with Crippen molar-refractivity contribution in [2.45, 2.75) is 31.3 Å². The first-order chi connectivity index (χ1) is 8.01. The Bertz CT molecular complexity index is 429. The summed E-state index contributed by atoms with van der Waals surface area (Å²) in [4.78, 5) is 13.8. The quantitative estimate of drug-likeness (QED) is 0.896. The second-order valence-corrected chi connectivity index (χ2v) is 5.24. The van der Waals surface area contributed by atoms with Gasteiger partial charge < -0.3 is 10.6 Å². The molecule has 17 heavy (non-hydrogen) atoms. The van der Waals surface area contributed by atoms with Gasteiger partial charge in [0, 0.05) is 18.6 Å². The van der Waals surface area contributed by atoms with Crippen molar-refractivity contribution in [2.24, 2.45) is 5.73 Å². The van der Waals surface area contributed by atoms with Crippen LogP contribution in [0.25, 0.3) is 0 Å². The summed E-state index contributed by atoms with van der Waals surface area (Å²) in [6, 6.07) is 7.54. The van der Waals surface area contributed by atoms with Crippen LogP contribution in [0, 0.1) is 0 Å². The van der Waals surface area contributed by atoms with E-state index in [1.807, 2.05) is 24.3 Å². The molecule has 0 aliphatic heterocycles. The molecule has 1 amide bonds. The summed E-state index contributed by atoms with van der Waals surface area (Å²) in [5.41, 5.74) is 6.42. The lowest BCUT2D eigenvalue weighted by atomic mass is 9.76. The Morgan fingerprint density at radius 2 is 2.24 bits per heavy atom. The minimum absolute atomic E-state index is 0.0312. The van der Waals surface area contributed by atoms with E-state index in [4.69, 9.17) is 17.3 Å². The lowest BCUT2D eigenvalue weighted by Crippen LogP contribution is -2.58. The third kappa shape index (κ3) is 2.61. The number of hydrogen-bond donors (Lipinski definition) is 1. The van der Waals surface area contributed by atoms with Crippen LogP contribution < -0.4 is 5.73 Å². The summed E-state index contributed by atoms with van der Waals surface area (Å²) in [6.07, 6.45) is 2.64. The number of nitrogens with two attached hydrogens (primary N) is 1. The van der Waals surface area contributed by atoms with Gasteiger partial charge in [-0.05, 0) is 37.0 Å². The van der Waals surface area contributed by atoms with Crippen LogP contribution in [0.5, 0.6) is 0 Å². The van der Waals surface area contributed by atoms with Crippen LogP contribution in [0.3, 0.4) is 0 Å². The minimum atomic E-state index is -0.618. The molecular weight excluding hydrogens is 236 g/mol. The number of benzene rings is 1. The van der Waals surface area contributed by atoms with Crippen molar-refractivity contribution in [3.63, 3.8) is 0 Å². The first-order valence-corrected chi connectivity index (χ1v) is 6.18. The van der Waals surface area contributed by atoms with Gasteiger partial charge in [-0.2, -0.15) is 0 Å². The lowest BCUT2D eigenvalue weighted by Gasteiger charge is -2.39. The summed E-state index contributed by atoms with van der Waals surface area (Å²) >= 11 is 5.91. The van der Waals surface area contributed by atoms with Gasteiger partial charge >= 0.3 is 0 Å². The van der Waals surface area contributed by atoms with Crippen LogP contribution >= 0.6 is 11.6 Å². The molecule has 1 aliphatic carbocycles. The highest BCUT2D eigenvalue weighted by atomic mass is 35.5. The number of amides is 1. The molecule has 3 nitrogen and oxygen atoms in total. The van der Waals surface area contributed by atoms with Gasteiger partial charge in [-0.1, -0.05) is 23.7 Å². The lowest BCUT2D eigenvalue weighted by molar-refractivity contribution is -0.139. The van der Waals surface area contributed by atoms with Crippen molar-refractivity contribution in [3.05, 3.63) is 34.9 Å². The number of rotatable bonds is 3. The van der Waals surface area contributed by atoms with E-state index < -0.39 is 5.54 Å². The van der Waals surface area contributed by atoms with Crippen molar-refractivity contribution in [1.29, 1.82) is 0 Å². The zero-order valence-electron chi connectivity index (χ0n) is 9.95. The molecule has 0 spiro atoms. The van der Waals surface area contributed by atoms with Crippen LogP contribution in [0.15, 0.2) is 24.3 Å². The van der Waals surface area contributed by atoms with Gasteiger partial charge in [0.15, 0.2) is 0 Å². The van der Waals surface area contributed by atoms with Gasteiger partial charge in [0.05, 0.1) is 5.54 Å². The Hall–Kier alpha value is -1.06. The largest absolute Gasteiger partial charge is 0.340 e. The molecule has 0 bridgehead atoms. The molecular formula is C13H17ClN2O. The van der Waals surface area contributed by atoms with Gasteiger partial charge in [-0.3, -0.25) is 4.79 Å². The smallest absolute Gasteiger partial charge is 0.242 e. The molecule has 2 rings (SSSR count). The van der Waals surface area contributed by atoms with Gasteiger partial charge in [0.1, 0.15) is 0 Å². The first-order valence-electron chi connectivity index (χ1n) is 5.80. The molecule has 4 heteroatoms. The standard InChI is InChI=1S/C13H17ClN2O/c1-16(12(17)13(15)6-3-7-13)9-10-4-2-5-11(14)8-10/h2,4-5,8H,3,6-7,9,15H2,1H3. The van der Waals surface area contributed by atoms with Crippen LogP contribution in [-0.4, -0.2) is 23.4 Å². The minimum Gasteiger partial charge on any atom is -0.340 e. The van der Waals surface area contributed by atoms with Gasteiger partial charge in [0.25, 0.3) is 0 Å². The van der Waals surface area contributed by atoms with Crippen molar-refractivity contribution in [3.8, 4) is 0 Å². The Morgan fingerprint density at radius 3 is 2.76 bits per heavy atom. The molecule has 2 N–H and O–H groups in total. The SMILES string of the molecule is CN(Cc1cccc(Cl)c1)C(=O)C1(N)CCC1. The molecule has 92 valence electrons. The fraction of sp³-hybridized carbons (Fsp3) is 0.462. The summed E-state index contributed by atoms with van der Waals surface area (Å²) in [7, 11) is 1.79. The summed E-state index contributed by atoms with van der Waals surface area (Å²) in [6.45, 7) is 0.554. The third-order valence-corrected chi connectivity index (χ3v) is 3.56. The maximum absolute atomic E-state index is 12.1. The van der Waals surface area contributed by atoms with E-state index in [1.54, 1.807) is 11.9 Å². The average molecular weight is 253 g/mol. The monoisotopic (exact) mass is 252 g/mol. The van der Waals surface area contributed by atoms with Crippen LogP contribution in [0.2, 0.25) is 5.02 Å². The zero-order chi connectivity index (χ0) is 12.5. The van der Waals surface area contributed by atoms with Gasteiger partial charge in [-0.25, -0.2) is 0 Å². The highest BCUT2D eigenvalue weighted by Gasteiger charge is 2.41. The van der Waals surface area contributed by atoms with E-state index in [1.165, 1.54) is 0 Å². The van der Waals surface area contributed by atoms with Crippen molar-refractivity contribution < 1.29 is 4.79 Å². The maximum atomic E-state index is 12.1. The maximum Gasteiger partial charge on any atom is 0.242 e. The molecule has 0 aromatic heterocycles. The molecule has 0 atom stereocenters. The molecule has 0 saturated heterocycles. The average Bonchev–Trinajstić information content (AvgIpc) is 2.25. The van der Waals surface area contributed by atoms with Crippen molar-refractivity contribution >= 4 is 17.5 Å². The van der Waals surface area contributed by atoms with Crippen molar-refractivity contribution in [1.82, 2.24) is 4.90 Å². The summed E-state index contributed by atoms with van der Waals surface area (Å²) in [5.74, 6) is 0.0312. The highest BCUT2D eigenvalue weighted by Crippen LogP contribution is 2.31. The normalized spacial score (nSPS) is 17.4. The van der Waals surface area contributed by atoms with Gasteiger partial charge in [-0.15, -0.1) is 0 Å². The molecule has 0 unspecified atom stereocenters. The Morgan fingerprint density at radius 1 is 1.53 bits per heavy atom. The Kier molecular flexibility index (Phi) is 3.40. The fourth-order valence-corrected chi connectivity index (χ4v) is 2.35. The second-order valence-electron chi connectivity index (χ2n) is 4.80. The first kappa shape index (κ1) is 12.4. The molecule has 1 fully saturated rings. The molecule has 0 heterocycles. The summed E-state index contributed by atoms with van der Waals surface area (Å²) < 4.78 is 0. The van der Waals surface area contributed by atoms with E-state index in [0.717, 1.165) is 24.8 Å². The predicted octanol–water partition coefficient (Wildman–Crippen LogP) is 2.18. The Balaban J connectivity index is 2.01. The fourth-order valence-electron chi connectivity index (χ4n) is 2.13. The van der Waals surface area contributed by atoms with Crippen LogP contribution in [0.1, 0.15) is 24.8 Å². The van der Waals surface area contributed by atoms with Crippen LogP contribution in [0.4, 0.5) is 0 Å². The molecule has 1 saturated carbocycles. The van der Waals surface area contributed by atoms with E-state index in [9.17, 15) is 4.79 Å². The number of carbonyl (C=O) groups is 1. The molecule has 0 radical (unpaired) electrons. The molecule has 1 aliphatic rings. The predicted molar refractivity (Wildman–Crippen MR) is 68.7 cm³/mol. The van der Waals surface area contributed by atoms with E-state index in [-0.39, 0.29) is 5.91 Å². The molecule has 1 aromatic carbocycles. The Labute approximate surface area is 107 Å². The van der Waals surface area contributed by atoms with Gasteiger partial charge in [0.2, 0.25) is 5.91 Å². The number of likely N-dealkylation sites (N-methyl/N-ethyl adjacent to an activating group) is 1. The highest BCUT2D eigenvalue weighted by molar-refractivity contribution is 6.30. The van der Waals surface area contributed by atoms with Crippen molar-refractivity contribution in [2.75, 3.05) is 7.05 Å². The molecule has 1 aromatic rings. The number of hydrogen-bond acceptors (Lipinski definition) is 2. The zero-order valence-corrected chi connectivity index (χ0v) is 10.7. The topological polar surface area (TPSA) is 46.3 Å². The number of nitrogens with zero attached hydrogens (tertiary/aromatic N) is 1. The van der Waals surface area contributed by atoms with Crippen LogP contribution in [-0.2, 0) is 11.3 Å². The second kappa shape index (κ2) is 4.67. The van der Waals surface area contributed by atoms with E-state index in [0.29, 0.717) is 11.6 Å². The number of halogens is 1.